The molecule has 0 bridgehead atoms. The van der Waals surface area contributed by atoms with Gasteiger partial charge in [-0.25, -0.2) is 0 Å². The van der Waals surface area contributed by atoms with Gasteiger partial charge in [-0.05, 0) is 37.0 Å². The molecule has 0 spiro atoms. The Morgan fingerprint density at radius 1 is 1.47 bits per heavy atom. The van der Waals surface area contributed by atoms with Crippen LogP contribution >= 0.6 is 15.9 Å². The monoisotopic (exact) mass is 323 g/mol. The zero-order chi connectivity index (χ0) is 14.0. The lowest BCUT2D eigenvalue weighted by atomic mass is 10.0. The Morgan fingerprint density at radius 2 is 2.21 bits per heavy atom. The van der Waals surface area contributed by atoms with Gasteiger partial charge in [0.2, 0.25) is 5.91 Å². The molecule has 102 valence electrons. The fourth-order valence-corrected chi connectivity index (χ4v) is 2.93. The molecular weight excluding hydrogens is 306 g/mol. The second-order valence-corrected chi connectivity index (χ2v) is 5.94. The van der Waals surface area contributed by atoms with Crippen molar-refractivity contribution in [3.63, 3.8) is 0 Å². The molecule has 1 heterocycles. The molecular formula is C15H18BrNO2. The van der Waals surface area contributed by atoms with Gasteiger partial charge in [0.1, 0.15) is 0 Å². The third kappa shape index (κ3) is 2.89. The first kappa shape index (κ1) is 14.3. The van der Waals surface area contributed by atoms with E-state index in [1.807, 2.05) is 19.1 Å². The summed E-state index contributed by atoms with van der Waals surface area (Å²) in [4.78, 5) is 25.8. The van der Waals surface area contributed by atoms with Crippen molar-refractivity contribution in [3.05, 3.63) is 33.8 Å². The molecule has 3 nitrogen and oxygen atoms in total. The maximum atomic E-state index is 12.5. The van der Waals surface area contributed by atoms with Crippen LogP contribution in [0.5, 0.6) is 0 Å². The largest absolute Gasteiger partial charge is 0.278 e. The topological polar surface area (TPSA) is 37.4 Å². The number of amides is 2. The highest BCUT2D eigenvalue weighted by Crippen LogP contribution is 2.26. The van der Waals surface area contributed by atoms with Gasteiger partial charge in [0, 0.05) is 23.0 Å². The van der Waals surface area contributed by atoms with E-state index >= 15 is 0 Å². The van der Waals surface area contributed by atoms with E-state index in [1.165, 1.54) is 4.90 Å². The Morgan fingerprint density at radius 3 is 2.89 bits per heavy atom. The molecule has 1 unspecified atom stereocenters. The fourth-order valence-electron chi connectivity index (χ4n) is 2.56. The average molecular weight is 324 g/mol. The zero-order valence-corrected chi connectivity index (χ0v) is 12.9. The first-order valence-electron chi connectivity index (χ1n) is 6.64. The first-order chi connectivity index (χ1) is 9.04. The SMILES string of the molecule is CCCC1CC(=O)N(C(=O)c2cccc(Br)c2C)C1. The Bertz CT molecular complexity index is 513. The second-order valence-electron chi connectivity index (χ2n) is 5.08. The molecule has 19 heavy (non-hydrogen) atoms. The number of benzene rings is 1. The number of halogens is 1. The van der Waals surface area contributed by atoms with Gasteiger partial charge in [-0.15, -0.1) is 0 Å². The highest BCUT2D eigenvalue weighted by atomic mass is 79.9. The van der Waals surface area contributed by atoms with E-state index < -0.39 is 0 Å². The number of imide groups is 1. The van der Waals surface area contributed by atoms with Gasteiger partial charge in [0.15, 0.2) is 0 Å². The maximum Gasteiger partial charge on any atom is 0.260 e. The molecule has 0 radical (unpaired) electrons. The number of likely N-dealkylation sites (tertiary alicyclic amines) is 1. The fraction of sp³-hybridized carbons (Fsp3) is 0.467. The molecule has 0 aromatic heterocycles. The lowest BCUT2D eigenvalue weighted by molar-refractivity contribution is -0.125. The molecule has 1 aliphatic heterocycles. The Hall–Kier alpha value is -1.16. The summed E-state index contributed by atoms with van der Waals surface area (Å²) >= 11 is 3.42. The smallest absolute Gasteiger partial charge is 0.260 e. The molecule has 2 amide bonds. The highest BCUT2D eigenvalue weighted by Gasteiger charge is 2.34. The summed E-state index contributed by atoms with van der Waals surface area (Å²) in [6.07, 6.45) is 2.56. The van der Waals surface area contributed by atoms with E-state index in [0.717, 1.165) is 22.9 Å². The van der Waals surface area contributed by atoms with Crippen LogP contribution in [0.3, 0.4) is 0 Å². The molecule has 1 aromatic rings. The predicted octanol–water partition coefficient (Wildman–Crippen LogP) is 3.55. The molecule has 1 aliphatic rings. The van der Waals surface area contributed by atoms with Gasteiger partial charge in [0.05, 0.1) is 0 Å². The van der Waals surface area contributed by atoms with Gasteiger partial charge in [-0.1, -0.05) is 35.3 Å². The van der Waals surface area contributed by atoms with Gasteiger partial charge < -0.3 is 0 Å². The molecule has 0 saturated carbocycles. The van der Waals surface area contributed by atoms with Crippen LogP contribution in [0.25, 0.3) is 0 Å². The van der Waals surface area contributed by atoms with Crippen molar-refractivity contribution in [1.82, 2.24) is 4.90 Å². The normalized spacial score (nSPS) is 19.0. The van der Waals surface area contributed by atoms with Crippen molar-refractivity contribution in [1.29, 1.82) is 0 Å². The molecule has 1 saturated heterocycles. The van der Waals surface area contributed by atoms with Gasteiger partial charge in [0.25, 0.3) is 5.91 Å². The molecule has 4 heteroatoms. The maximum absolute atomic E-state index is 12.5. The van der Waals surface area contributed by atoms with Crippen molar-refractivity contribution < 1.29 is 9.59 Å². The van der Waals surface area contributed by atoms with Crippen LogP contribution in [0.2, 0.25) is 0 Å². The number of carbonyl (C=O) groups excluding carboxylic acids is 2. The summed E-state index contributed by atoms with van der Waals surface area (Å²) in [6, 6.07) is 5.51. The van der Waals surface area contributed by atoms with Crippen LogP contribution in [0.15, 0.2) is 22.7 Å². The van der Waals surface area contributed by atoms with E-state index in [1.54, 1.807) is 6.07 Å². The van der Waals surface area contributed by atoms with Crippen molar-refractivity contribution in [2.24, 2.45) is 5.92 Å². The van der Waals surface area contributed by atoms with Crippen LogP contribution in [-0.4, -0.2) is 23.3 Å². The lowest BCUT2D eigenvalue weighted by Crippen LogP contribution is -2.32. The summed E-state index contributed by atoms with van der Waals surface area (Å²) in [5, 5.41) is 0. The number of carbonyl (C=O) groups is 2. The second kappa shape index (κ2) is 5.87. The predicted molar refractivity (Wildman–Crippen MR) is 77.9 cm³/mol. The molecule has 0 aliphatic carbocycles. The van der Waals surface area contributed by atoms with Crippen molar-refractivity contribution in [2.75, 3.05) is 6.54 Å². The van der Waals surface area contributed by atoms with E-state index in [4.69, 9.17) is 0 Å². The minimum absolute atomic E-state index is 0.0391. The van der Waals surface area contributed by atoms with Crippen LogP contribution in [0.4, 0.5) is 0 Å². The summed E-state index contributed by atoms with van der Waals surface area (Å²) in [5.41, 5.74) is 1.50. The Balaban J connectivity index is 2.20. The third-order valence-electron chi connectivity index (χ3n) is 3.65. The summed E-state index contributed by atoms with van der Waals surface area (Å²) < 4.78 is 0.898. The van der Waals surface area contributed by atoms with Crippen LogP contribution in [0, 0.1) is 12.8 Å². The van der Waals surface area contributed by atoms with Gasteiger partial charge in [-0.2, -0.15) is 0 Å². The number of rotatable bonds is 3. The molecule has 2 rings (SSSR count). The van der Waals surface area contributed by atoms with Crippen molar-refractivity contribution in [2.45, 2.75) is 33.1 Å². The summed E-state index contributed by atoms with van der Waals surface area (Å²) in [7, 11) is 0. The van der Waals surface area contributed by atoms with Gasteiger partial charge in [-0.3, -0.25) is 14.5 Å². The van der Waals surface area contributed by atoms with Crippen molar-refractivity contribution >= 4 is 27.7 Å². The Kier molecular flexibility index (Phi) is 4.40. The first-order valence-corrected chi connectivity index (χ1v) is 7.43. The van der Waals surface area contributed by atoms with E-state index in [-0.39, 0.29) is 11.8 Å². The third-order valence-corrected chi connectivity index (χ3v) is 4.50. The zero-order valence-electron chi connectivity index (χ0n) is 11.3. The van der Waals surface area contributed by atoms with E-state index in [2.05, 4.69) is 22.9 Å². The number of hydrogen-bond acceptors (Lipinski definition) is 2. The number of nitrogens with zero attached hydrogens (tertiary/aromatic N) is 1. The highest BCUT2D eigenvalue weighted by molar-refractivity contribution is 9.10. The summed E-state index contributed by atoms with van der Waals surface area (Å²) in [6.45, 7) is 4.56. The molecule has 1 aromatic carbocycles. The van der Waals surface area contributed by atoms with E-state index in [0.29, 0.717) is 24.4 Å². The average Bonchev–Trinajstić information content (AvgIpc) is 2.73. The lowest BCUT2D eigenvalue weighted by Gasteiger charge is -2.16. The summed E-state index contributed by atoms with van der Waals surface area (Å²) in [5.74, 6) is 0.124. The van der Waals surface area contributed by atoms with Gasteiger partial charge >= 0.3 is 0 Å². The molecule has 0 N–H and O–H groups in total. The minimum Gasteiger partial charge on any atom is -0.278 e. The molecule has 1 fully saturated rings. The standard InChI is InChI=1S/C15H18BrNO2/c1-3-5-11-8-14(18)17(9-11)15(19)12-6-4-7-13(16)10(12)2/h4,6-7,11H,3,5,8-9H2,1-2H3. The van der Waals surface area contributed by atoms with Crippen LogP contribution in [0.1, 0.15) is 42.1 Å². The quantitative estimate of drug-likeness (QED) is 0.798. The van der Waals surface area contributed by atoms with Crippen LogP contribution in [-0.2, 0) is 4.79 Å². The minimum atomic E-state index is -0.164. The van der Waals surface area contributed by atoms with Crippen LogP contribution < -0.4 is 0 Å². The molecule has 1 atom stereocenters. The number of hydrogen-bond donors (Lipinski definition) is 0. The Labute approximate surface area is 122 Å². The van der Waals surface area contributed by atoms with E-state index in [9.17, 15) is 9.59 Å². The van der Waals surface area contributed by atoms with Crippen molar-refractivity contribution in [3.8, 4) is 0 Å².